The Kier molecular flexibility index (Phi) is 2.25. The quantitative estimate of drug-likeness (QED) is 0.584. The first-order valence-electron chi connectivity index (χ1n) is 5.98. The standard InChI is InChI=1S/C14H8ClN3O2/c15-8-5-6-16-10-7-12(20-13(8)10)18-11-4-2-1-3-9(11)17-14(18)19/h1-7H,(H,17,19). The van der Waals surface area contributed by atoms with Crippen LogP contribution < -0.4 is 5.69 Å². The van der Waals surface area contributed by atoms with E-state index < -0.39 is 0 Å². The van der Waals surface area contributed by atoms with Crippen LogP contribution in [-0.2, 0) is 0 Å². The molecule has 6 heteroatoms. The van der Waals surface area contributed by atoms with Gasteiger partial charge in [0.05, 0.1) is 16.1 Å². The number of nitrogens with zero attached hydrogens (tertiary/aromatic N) is 2. The molecule has 0 bridgehead atoms. The summed E-state index contributed by atoms with van der Waals surface area (Å²) in [5, 5.41) is 0.467. The SMILES string of the molecule is O=c1[nH]c2ccccc2n1-c1cc2nccc(Cl)c2o1. The maximum Gasteiger partial charge on any atom is 0.333 e. The average Bonchev–Trinajstić information content (AvgIpc) is 2.99. The zero-order valence-corrected chi connectivity index (χ0v) is 10.9. The molecule has 0 fully saturated rings. The molecule has 0 saturated carbocycles. The highest BCUT2D eigenvalue weighted by atomic mass is 35.5. The van der Waals surface area contributed by atoms with Crippen LogP contribution in [0.1, 0.15) is 0 Å². The number of benzene rings is 1. The molecule has 0 aliphatic rings. The van der Waals surface area contributed by atoms with Crippen molar-refractivity contribution in [2.75, 3.05) is 0 Å². The third-order valence-electron chi connectivity index (χ3n) is 3.16. The summed E-state index contributed by atoms with van der Waals surface area (Å²) in [4.78, 5) is 19.1. The van der Waals surface area contributed by atoms with Crippen molar-refractivity contribution in [1.82, 2.24) is 14.5 Å². The molecule has 0 aliphatic heterocycles. The Bertz CT molecular complexity index is 996. The molecule has 20 heavy (non-hydrogen) atoms. The summed E-state index contributed by atoms with van der Waals surface area (Å²) in [7, 11) is 0. The maximum atomic E-state index is 12.1. The topological polar surface area (TPSA) is 63.8 Å². The summed E-state index contributed by atoms with van der Waals surface area (Å²) < 4.78 is 7.15. The molecular formula is C14H8ClN3O2. The Balaban J connectivity index is 2.09. The first-order valence-corrected chi connectivity index (χ1v) is 6.36. The van der Waals surface area contributed by atoms with Gasteiger partial charge >= 0.3 is 5.69 Å². The highest BCUT2D eigenvalue weighted by molar-refractivity contribution is 6.34. The first-order chi connectivity index (χ1) is 9.74. The van der Waals surface area contributed by atoms with E-state index in [0.29, 0.717) is 22.0 Å². The number of hydrogen-bond donors (Lipinski definition) is 1. The molecule has 3 heterocycles. The van der Waals surface area contributed by atoms with E-state index in [0.717, 1.165) is 11.0 Å². The molecule has 1 N–H and O–H groups in total. The normalized spacial score (nSPS) is 11.4. The molecule has 5 nitrogen and oxygen atoms in total. The van der Waals surface area contributed by atoms with Gasteiger partial charge in [-0.1, -0.05) is 23.7 Å². The van der Waals surface area contributed by atoms with Crippen LogP contribution in [0.2, 0.25) is 5.02 Å². The van der Waals surface area contributed by atoms with E-state index in [9.17, 15) is 4.79 Å². The molecule has 0 saturated heterocycles. The lowest BCUT2D eigenvalue weighted by Crippen LogP contribution is -2.13. The van der Waals surface area contributed by atoms with Crippen molar-refractivity contribution in [3.05, 3.63) is 58.1 Å². The van der Waals surface area contributed by atoms with Gasteiger partial charge in [-0.25, -0.2) is 9.36 Å². The Morgan fingerprint density at radius 2 is 2.10 bits per heavy atom. The van der Waals surface area contributed by atoms with Crippen molar-refractivity contribution < 1.29 is 4.42 Å². The number of fused-ring (bicyclic) bond motifs is 2. The van der Waals surface area contributed by atoms with Gasteiger partial charge < -0.3 is 9.40 Å². The minimum absolute atomic E-state index is 0.263. The minimum atomic E-state index is -0.263. The van der Waals surface area contributed by atoms with Crippen molar-refractivity contribution in [2.24, 2.45) is 0 Å². The van der Waals surface area contributed by atoms with Gasteiger partial charge in [0.25, 0.3) is 0 Å². The summed E-state index contributed by atoms with van der Waals surface area (Å²) in [5.74, 6) is 0.392. The largest absolute Gasteiger partial charge is 0.436 e. The van der Waals surface area contributed by atoms with Crippen molar-refractivity contribution >= 4 is 33.7 Å². The van der Waals surface area contributed by atoms with E-state index in [-0.39, 0.29) is 5.69 Å². The van der Waals surface area contributed by atoms with E-state index >= 15 is 0 Å². The highest BCUT2D eigenvalue weighted by Gasteiger charge is 2.14. The monoisotopic (exact) mass is 285 g/mol. The minimum Gasteiger partial charge on any atom is -0.436 e. The number of aromatic nitrogens is 3. The fourth-order valence-corrected chi connectivity index (χ4v) is 2.47. The molecule has 0 spiro atoms. The van der Waals surface area contributed by atoms with Gasteiger partial charge in [0, 0.05) is 12.3 Å². The van der Waals surface area contributed by atoms with E-state index in [1.807, 2.05) is 24.3 Å². The molecule has 1 aromatic carbocycles. The fourth-order valence-electron chi connectivity index (χ4n) is 2.28. The zero-order valence-electron chi connectivity index (χ0n) is 10.1. The van der Waals surface area contributed by atoms with E-state index in [1.54, 1.807) is 18.3 Å². The molecule has 0 amide bonds. The molecule has 0 atom stereocenters. The third-order valence-corrected chi connectivity index (χ3v) is 3.46. The Hall–Kier alpha value is -2.53. The molecule has 3 aromatic heterocycles. The van der Waals surface area contributed by atoms with Gasteiger partial charge in [-0.15, -0.1) is 0 Å². The molecule has 0 unspecified atom stereocenters. The van der Waals surface area contributed by atoms with Crippen LogP contribution in [0.15, 0.2) is 51.8 Å². The van der Waals surface area contributed by atoms with Crippen LogP contribution in [0.4, 0.5) is 0 Å². The Labute approximate surface area is 117 Å². The number of aromatic amines is 1. The third kappa shape index (κ3) is 1.50. The predicted molar refractivity (Wildman–Crippen MR) is 76.5 cm³/mol. The smallest absolute Gasteiger partial charge is 0.333 e. The number of H-pyrrole nitrogens is 1. The van der Waals surface area contributed by atoms with Gasteiger partial charge in [-0.05, 0) is 18.2 Å². The van der Waals surface area contributed by atoms with E-state index in [2.05, 4.69) is 9.97 Å². The summed E-state index contributed by atoms with van der Waals surface area (Å²) in [6, 6.07) is 10.7. The number of imidazole rings is 1. The van der Waals surface area contributed by atoms with Crippen molar-refractivity contribution in [3.63, 3.8) is 0 Å². The number of halogens is 1. The summed E-state index contributed by atoms with van der Waals surface area (Å²) >= 11 is 6.06. The molecular weight excluding hydrogens is 278 g/mol. The number of rotatable bonds is 1. The zero-order chi connectivity index (χ0) is 13.7. The number of hydrogen-bond acceptors (Lipinski definition) is 3. The first kappa shape index (κ1) is 11.3. The summed E-state index contributed by atoms with van der Waals surface area (Å²) in [6.07, 6.45) is 1.60. The predicted octanol–water partition coefficient (Wildman–Crippen LogP) is 3.11. The number of pyridine rings is 1. The lowest BCUT2D eigenvalue weighted by molar-refractivity contribution is 0.579. The van der Waals surface area contributed by atoms with Gasteiger partial charge in [0.2, 0.25) is 5.88 Å². The second kappa shape index (κ2) is 3.98. The van der Waals surface area contributed by atoms with Crippen LogP contribution in [-0.4, -0.2) is 14.5 Å². The van der Waals surface area contributed by atoms with Gasteiger partial charge in [0.15, 0.2) is 5.58 Å². The van der Waals surface area contributed by atoms with Crippen LogP contribution in [0.25, 0.3) is 28.0 Å². The summed E-state index contributed by atoms with van der Waals surface area (Å²) in [5.41, 5.74) is 2.32. The average molecular weight is 286 g/mol. The molecule has 4 aromatic rings. The van der Waals surface area contributed by atoms with E-state index in [1.165, 1.54) is 4.57 Å². The second-order valence-corrected chi connectivity index (χ2v) is 4.78. The number of nitrogens with one attached hydrogen (secondary N) is 1. The molecule has 0 radical (unpaired) electrons. The lowest BCUT2D eigenvalue weighted by Gasteiger charge is -1.97. The maximum absolute atomic E-state index is 12.1. The van der Waals surface area contributed by atoms with Gasteiger partial charge in [0.1, 0.15) is 5.52 Å². The Morgan fingerprint density at radius 3 is 2.95 bits per heavy atom. The van der Waals surface area contributed by atoms with Gasteiger partial charge in [-0.3, -0.25) is 4.98 Å². The molecule has 98 valence electrons. The fraction of sp³-hybridized carbons (Fsp3) is 0. The van der Waals surface area contributed by atoms with Crippen molar-refractivity contribution in [1.29, 1.82) is 0 Å². The van der Waals surface area contributed by atoms with Crippen molar-refractivity contribution in [2.45, 2.75) is 0 Å². The Morgan fingerprint density at radius 1 is 1.25 bits per heavy atom. The van der Waals surface area contributed by atoms with Crippen LogP contribution in [0.3, 0.4) is 0 Å². The van der Waals surface area contributed by atoms with Crippen molar-refractivity contribution in [3.8, 4) is 5.88 Å². The van der Waals surface area contributed by atoms with E-state index in [4.69, 9.17) is 16.0 Å². The summed E-state index contributed by atoms with van der Waals surface area (Å²) in [6.45, 7) is 0. The van der Waals surface area contributed by atoms with Gasteiger partial charge in [-0.2, -0.15) is 0 Å². The van der Waals surface area contributed by atoms with Crippen LogP contribution >= 0.6 is 11.6 Å². The van der Waals surface area contributed by atoms with Crippen LogP contribution in [0, 0.1) is 0 Å². The number of para-hydroxylation sites is 2. The highest BCUT2D eigenvalue weighted by Crippen LogP contribution is 2.27. The number of furan rings is 1. The molecule has 4 rings (SSSR count). The second-order valence-electron chi connectivity index (χ2n) is 4.37. The lowest BCUT2D eigenvalue weighted by atomic mass is 10.3. The van der Waals surface area contributed by atoms with Crippen LogP contribution in [0.5, 0.6) is 0 Å². The molecule has 0 aliphatic carbocycles.